The molecule has 1 heterocycles. The van der Waals surface area contributed by atoms with Gasteiger partial charge in [0.05, 0.1) is 13.0 Å². The maximum Gasteiger partial charge on any atom is 0.310 e. The number of esters is 1. The summed E-state index contributed by atoms with van der Waals surface area (Å²) in [6.07, 6.45) is 6.01. The van der Waals surface area contributed by atoms with Gasteiger partial charge in [-0.05, 0) is 51.0 Å². The van der Waals surface area contributed by atoms with Crippen LogP contribution in [0.3, 0.4) is 0 Å². The number of thiazole rings is 1. The molecule has 1 aliphatic rings. The molecular formula is C23H28N2O5S. The molecule has 166 valence electrons. The van der Waals surface area contributed by atoms with Gasteiger partial charge in [-0.25, -0.2) is 4.98 Å². The van der Waals surface area contributed by atoms with E-state index in [4.69, 9.17) is 9.47 Å². The number of ether oxygens (including phenoxy) is 2. The van der Waals surface area contributed by atoms with Gasteiger partial charge in [-0.1, -0.05) is 19.3 Å². The van der Waals surface area contributed by atoms with E-state index in [-0.39, 0.29) is 30.8 Å². The zero-order valence-corrected chi connectivity index (χ0v) is 18.7. The van der Waals surface area contributed by atoms with Crippen LogP contribution in [-0.4, -0.2) is 41.4 Å². The van der Waals surface area contributed by atoms with Gasteiger partial charge in [-0.2, -0.15) is 0 Å². The molecular weight excluding hydrogens is 416 g/mol. The van der Waals surface area contributed by atoms with E-state index in [0.717, 1.165) is 25.7 Å². The molecule has 1 unspecified atom stereocenters. The fraction of sp³-hybridized carbons (Fsp3) is 0.478. The van der Waals surface area contributed by atoms with Gasteiger partial charge in [0.15, 0.2) is 17.0 Å². The van der Waals surface area contributed by atoms with Gasteiger partial charge in [0, 0.05) is 23.2 Å². The Kier molecular flexibility index (Phi) is 8.17. The zero-order valence-electron chi connectivity index (χ0n) is 17.9. The lowest BCUT2D eigenvalue weighted by atomic mass is 9.94. The van der Waals surface area contributed by atoms with Crippen LogP contribution in [0, 0.1) is 0 Å². The van der Waals surface area contributed by atoms with Gasteiger partial charge in [0.1, 0.15) is 5.75 Å². The van der Waals surface area contributed by atoms with E-state index in [9.17, 15) is 14.4 Å². The summed E-state index contributed by atoms with van der Waals surface area (Å²) in [6, 6.07) is 6.81. The third-order valence-electron chi connectivity index (χ3n) is 5.29. The Bertz CT molecular complexity index is 876. The number of carbonyl (C=O) groups is 3. The largest absolute Gasteiger partial charge is 0.493 e. The van der Waals surface area contributed by atoms with Crippen LogP contribution in [0.5, 0.6) is 5.75 Å². The van der Waals surface area contributed by atoms with Crippen molar-refractivity contribution in [2.24, 2.45) is 0 Å². The first-order chi connectivity index (χ1) is 15.0. The van der Waals surface area contributed by atoms with Crippen molar-refractivity contribution in [3.05, 3.63) is 41.4 Å². The Hall–Kier alpha value is -2.74. The Labute approximate surface area is 186 Å². The van der Waals surface area contributed by atoms with Gasteiger partial charge in [-0.15, -0.1) is 11.3 Å². The van der Waals surface area contributed by atoms with E-state index in [0.29, 0.717) is 16.4 Å². The maximum absolute atomic E-state index is 13.1. The number of hydrogen-bond donors (Lipinski definition) is 0. The first-order valence-electron chi connectivity index (χ1n) is 10.6. The van der Waals surface area contributed by atoms with Crippen molar-refractivity contribution in [2.75, 3.05) is 11.5 Å². The molecule has 0 radical (unpaired) electrons. The number of Topliss-reactive ketones (excluding diaryl/α,β-unsaturated/α-hetero) is 1. The van der Waals surface area contributed by atoms with Crippen molar-refractivity contribution in [3.8, 4) is 5.75 Å². The van der Waals surface area contributed by atoms with E-state index in [1.165, 1.54) is 24.7 Å². The molecule has 0 aliphatic heterocycles. The summed E-state index contributed by atoms with van der Waals surface area (Å²) < 4.78 is 10.9. The number of carbonyl (C=O) groups excluding carboxylic acids is 3. The zero-order chi connectivity index (χ0) is 22.2. The van der Waals surface area contributed by atoms with Crippen molar-refractivity contribution in [3.63, 3.8) is 0 Å². The Balaban J connectivity index is 1.51. The molecule has 1 aromatic heterocycles. The molecule has 2 aromatic rings. The van der Waals surface area contributed by atoms with Crippen molar-refractivity contribution < 1.29 is 23.9 Å². The molecule has 1 aromatic carbocycles. The summed E-state index contributed by atoms with van der Waals surface area (Å²) in [5, 5.41) is 2.49. The third-order valence-corrected chi connectivity index (χ3v) is 6.07. The predicted molar refractivity (Wildman–Crippen MR) is 119 cm³/mol. The SMILES string of the molecule is CC(=O)c1ccc(OCCC(=O)OC(C)C(=O)N(c2nccs2)C2CCCCC2)cc1. The number of nitrogens with zero attached hydrogens (tertiary/aromatic N) is 2. The van der Waals surface area contributed by atoms with Crippen LogP contribution in [0.1, 0.15) is 62.7 Å². The van der Waals surface area contributed by atoms with Crippen molar-refractivity contribution in [1.82, 2.24) is 4.98 Å². The van der Waals surface area contributed by atoms with E-state index < -0.39 is 12.1 Å². The highest BCUT2D eigenvalue weighted by Gasteiger charge is 2.33. The minimum absolute atomic E-state index is 0.0196. The molecule has 1 amide bonds. The molecule has 0 spiro atoms. The Morgan fingerprint density at radius 3 is 2.48 bits per heavy atom. The lowest BCUT2D eigenvalue weighted by molar-refractivity contribution is -0.154. The number of ketones is 1. The minimum Gasteiger partial charge on any atom is -0.493 e. The molecule has 1 atom stereocenters. The van der Waals surface area contributed by atoms with Crippen LogP contribution in [0.25, 0.3) is 0 Å². The molecule has 31 heavy (non-hydrogen) atoms. The number of aromatic nitrogens is 1. The van der Waals surface area contributed by atoms with Gasteiger partial charge in [0.25, 0.3) is 5.91 Å². The summed E-state index contributed by atoms with van der Waals surface area (Å²) in [5.74, 6) is -0.192. The normalized spacial score (nSPS) is 15.2. The highest BCUT2D eigenvalue weighted by atomic mass is 32.1. The molecule has 1 aliphatic carbocycles. The fourth-order valence-corrected chi connectivity index (χ4v) is 4.36. The molecule has 3 rings (SSSR count). The van der Waals surface area contributed by atoms with Crippen LogP contribution >= 0.6 is 11.3 Å². The number of amides is 1. The average Bonchev–Trinajstić information content (AvgIpc) is 3.29. The monoisotopic (exact) mass is 444 g/mol. The summed E-state index contributed by atoms with van der Waals surface area (Å²) >= 11 is 1.42. The van der Waals surface area contributed by atoms with Gasteiger partial charge in [-0.3, -0.25) is 19.3 Å². The van der Waals surface area contributed by atoms with Crippen molar-refractivity contribution >= 4 is 34.1 Å². The number of anilines is 1. The highest BCUT2D eigenvalue weighted by molar-refractivity contribution is 7.13. The topological polar surface area (TPSA) is 85.8 Å². The highest BCUT2D eigenvalue weighted by Crippen LogP contribution is 2.29. The summed E-state index contributed by atoms with van der Waals surface area (Å²) in [7, 11) is 0. The first kappa shape index (κ1) is 22.9. The predicted octanol–water partition coefficient (Wildman–Crippen LogP) is 4.41. The lowest BCUT2D eigenvalue weighted by Crippen LogP contribution is -2.47. The second kappa shape index (κ2) is 11.0. The third kappa shape index (κ3) is 6.37. The van der Waals surface area contributed by atoms with Crippen LogP contribution in [0.2, 0.25) is 0 Å². The van der Waals surface area contributed by atoms with Gasteiger partial charge >= 0.3 is 5.97 Å². The summed E-state index contributed by atoms with van der Waals surface area (Å²) in [6.45, 7) is 3.22. The van der Waals surface area contributed by atoms with E-state index in [2.05, 4.69) is 4.98 Å². The Morgan fingerprint density at radius 1 is 1.16 bits per heavy atom. The maximum atomic E-state index is 13.1. The average molecular weight is 445 g/mol. The summed E-state index contributed by atoms with van der Waals surface area (Å²) in [4.78, 5) is 42.7. The molecule has 0 N–H and O–H groups in total. The van der Waals surface area contributed by atoms with E-state index >= 15 is 0 Å². The molecule has 1 saturated carbocycles. The number of hydrogen-bond acceptors (Lipinski definition) is 7. The number of benzene rings is 1. The Morgan fingerprint density at radius 2 is 1.87 bits per heavy atom. The van der Waals surface area contributed by atoms with Crippen LogP contribution < -0.4 is 9.64 Å². The van der Waals surface area contributed by atoms with Crippen molar-refractivity contribution in [2.45, 2.75) is 64.5 Å². The second-order valence-corrected chi connectivity index (χ2v) is 8.50. The van der Waals surface area contributed by atoms with E-state index in [1.807, 2.05) is 5.38 Å². The van der Waals surface area contributed by atoms with E-state index in [1.54, 1.807) is 42.3 Å². The molecule has 0 bridgehead atoms. The van der Waals surface area contributed by atoms with Crippen LogP contribution in [-0.2, 0) is 14.3 Å². The quantitative estimate of drug-likeness (QED) is 0.421. The van der Waals surface area contributed by atoms with Gasteiger partial charge < -0.3 is 9.47 Å². The number of rotatable bonds is 9. The van der Waals surface area contributed by atoms with Crippen LogP contribution in [0.4, 0.5) is 5.13 Å². The van der Waals surface area contributed by atoms with Gasteiger partial charge in [0.2, 0.25) is 0 Å². The minimum atomic E-state index is -0.895. The fourth-order valence-electron chi connectivity index (χ4n) is 3.64. The van der Waals surface area contributed by atoms with Crippen molar-refractivity contribution in [1.29, 1.82) is 0 Å². The molecule has 7 nitrogen and oxygen atoms in total. The molecule has 0 saturated heterocycles. The second-order valence-electron chi connectivity index (χ2n) is 7.63. The first-order valence-corrected chi connectivity index (χ1v) is 11.5. The smallest absolute Gasteiger partial charge is 0.310 e. The standard InChI is InChI=1S/C23H28N2O5S/c1-16(26)18-8-10-20(11-9-18)29-14-12-21(27)30-17(2)22(28)25(23-24-13-15-31-23)19-6-4-3-5-7-19/h8-11,13,15,17,19H,3-7,12,14H2,1-2H3. The lowest BCUT2D eigenvalue weighted by Gasteiger charge is -2.33. The summed E-state index contributed by atoms with van der Waals surface area (Å²) in [5.41, 5.74) is 0.599. The molecule has 1 fully saturated rings. The van der Waals surface area contributed by atoms with Crippen LogP contribution in [0.15, 0.2) is 35.8 Å². The molecule has 8 heteroatoms.